The molecule has 1 aliphatic heterocycles. The summed E-state index contributed by atoms with van der Waals surface area (Å²) in [5.74, 6) is 1.09. The lowest BCUT2D eigenvalue weighted by Gasteiger charge is -2.22. The Morgan fingerprint density at radius 2 is 1.24 bits per heavy atom. The van der Waals surface area contributed by atoms with Crippen molar-refractivity contribution >= 4 is 11.5 Å². The number of hydrogen-bond donors (Lipinski definition) is 0. The number of anilines is 2. The van der Waals surface area contributed by atoms with Crippen LogP contribution in [-0.2, 0) is 0 Å². The van der Waals surface area contributed by atoms with Gasteiger partial charge >= 0.3 is 0 Å². The molecule has 5 rings (SSSR count). The summed E-state index contributed by atoms with van der Waals surface area (Å²) in [4.78, 5) is 2.24. The summed E-state index contributed by atoms with van der Waals surface area (Å²) in [5.41, 5.74) is 7.11. The number of rotatable bonds is 1. The summed E-state index contributed by atoms with van der Waals surface area (Å²) in [5, 5.41) is 4.71. The molecule has 3 aromatic carbocycles. The second-order valence-corrected chi connectivity index (χ2v) is 6.25. The summed E-state index contributed by atoms with van der Waals surface area (Å²) < 4.78 is 2.02. The van der Waals surface area contributed by atoms with Gasteiger partial charge in [0, 0.05) is 23.9 Å². The normalized spacial score (nSPS) is 12.1. The molecule has 0 N–H and O–H groups in total. The van der Waals surface area contributed by atoms with E-state index in [1.54, 1.807) is 0 Å². The molecule has 0 unspecified atom stereocenters. The maximum absolute atomic E-state index is 4.71. The first-order chi connectivity index (χ1) is 12.3. The Balaban J connectivity index is 1.87. The van der Waals surface area contributed by atoms with Crippen LogP contribution in [0.2, 0.25) is 0 Å². The minimum absolute atomic E-state index is 1.06. The zero-order valence-electron chi connectivity index (χ0n) is 13.9. The molecule has 0 atom stereocenters. The zero-order valence-corrected chi connectivity index (χ0v) is 13.9. The number of benzene rings is 3. The third-order valence-corrected chi connectivity index (χ3v) is 4.84. The van der Waals surface area contributed by atoms with Crippen LogP contribution in [0.5, 0.6) is 0 Å². The van der Waals surface area contributed by atoms with Crippen molar-refractivity contribution in [2.24, 2.45) is 0 Å². The fourth-order valence-corrected chi connectivity index (χ4v) is 3.67. The first kappa shape index (κ1) is 14.1. The van der Waals surface area contributed by atoms with E-state index >= 15 is 0 Å². The van der Waals surface area contributed by atoms with Crippen LogP contribution in [0.25, 0.3) is 27.9 Å². The third kappa shape index (κ3) is 2.02. The molecule has 1 aliphatic rings. The number of fused-ring (bicyclic) bond motifs is 5. The number of aromatic nitrogens is 2. The number of nitrogens with zero attached hydrogens (tertiary/aromatic N) is 3. The standard InChI is InChI=1S/C22H17N3/c1-24-21-14-8-7-13-19(21)17-11-5-6-12-18(17)20-15-23-25(22(20)24)16-9-3-2-4-10-16/h2-15H,1H3. The molecule has 0 aliphatic carbocycles. The van der Waals surface area contributed by atoms with E-state index < -0.39 is 0 Å². The second kappa shape index (κ2) is 5.35. The molecule has 0 amide bonds. The van der Waals surface area contributed by atoms with E-state index in [0.29, 0.717) is 0 Å². The number of hydrogen-bond acceptors (Lipinski definition) is 2. The van der Waals surface area contributed by atoms with Crippen molar-refractivity contribution in [3.63, 3.8) is 0 Å². The molecular formula is C22H17N3. The number of para-hydroxylation sites is 2. The second-order valence-electron chi connectivity index (χ2n) is 6.25. The molecule has 1 aromatic heterocycles. The Hall–Kier alpha value is -3.33. The fourth-order valence-electron chi connectivity index (χ4n) is 3.67. The Morgan fingerprint density at radius 3 is 2.00 bits per heavy atom. The summed E-state index contributed by atoms with van der Waals surface area (Å²) in [6, 6.07) is 27.4. The lowest BCUT2D eigenvalue weighted by atomic mass is 9.96. The molecule has 4 aromatic rings. The average Bonchev–Trinajstić information content (AvgIpc) is 3.09. The predicted molar refractivity (Wildman–Crippen MR) is 102 cm³/mol. The van der Waals surface area contributed by atoms with Gasteiger partial charge in [0.25, 0.3) is 0 Å². The van der Waals surface area contributed by atoms with E-state index in [1.165, 1.54) is 22.4 Å². The predicted octanol–water partition coefficient (Wildman–Crippen LogP) is 5.29. The Morgan fingerprint density at radius 1 is 0.640 bits per heavy atom. The lowest BCUT2D eigenvalue weighted by Crippen LogP contribution is -2.15. The molecule has 0 radical (unpaired) electrons. The van der Waals surface area contributed by atoms with E-state index in [0.717, 1.165) is 17.1 Å². The van der Waals surface area contributed by atoms with E-state index in [4.69, 9.17) is 5.10 Å². The first-order valence-electron chi connectivity index (χ1n) is 8.40. The van der Waals surface area contributed by atoms with E-state index in [-0.39, 0.29) is 0 Å². The highest BCUT2D eigenvalue weighted by molar-refractivity contribution is 5.98. The van der Waals surface area contributed by atoms with E-state index in [9.17, 15) is 0 Å². The van der Waals surface area contributed by atoms with Crippen LogP contribution in [0.3, 0.4) is 0 Å². The van der Waals surface area contributed by atoms with Crippen molar-refractivity contribution in [3.05, 3.63) is 85.1 Å². The van der Waals surface area contributed by atoms with Crippen LogP contribution >= 0.6 is 0 Å². The summed E-state index contributed by atoms with van der Waals surface area (Å²) >= 11 is 0. The van der Waals surface area contributed by atoms with Crippen LogP contribution in [0.4, 0.5) is 11.5 Å². The molecule has 25 heavy (non-hydrogen) atoms. The minimum Gasteiger partial charge on any atom is -0.328 e. The topological polar surface area (TPSA) is 21.1 Å². The van der Waals surface area contributed by atoms with Gasteiger partial charge in [-0.15, -0.1) is 0 Å². The van der Waals surface area contributed by atoms with Crippen molar-refractivity contribution < 1.29 is 0 Å². The van der Waals surface area contributed by atoms with Crippen molar-refractivity contribution in [2.75, 3.05) is 11.9 Å². The van der Waals surface area contributed by atoms with Crippen LogP contribution in [0.1, 0.15) is 0 Å². The van der Waals surface area contributed by atoms with Gasteiger partial charge < -0.3 is 4.90 Å². The Kier molecular flexibility index (Phi) is 3.01. The highest BCUT2D eigenvalue weighted by Crippen LogP contribution is 2.47. The van der Waals surface area contributed by atoms with Crippen LogP contribution < -0.4 is 4.90 Å². The molecule has 2 heterocycles. The van der Waals surface area contributed by atoms with Crippen molar-refractivity contribution in [3.8, 4) is 27.9 Å². The van der Waals surface area contributed by atoms with Crippen LogP contribution in [0.15, 0.2) is 85.1 Å². The van der Waals surface area contributed by atoms with Gasteiger partial charge in [-0.25, -0.2) is 4.68 Å². The SMILES string of the molecule is CN1c2ccccc2-c2ccccc2-c2cnn(-c3ccccc3)c21. The Bertz CT molecular complexity index is 1060. The zero-order chi connectivity index (χ0) is 16.8. The van der Waals surface area contributed by atoms with Gasteiger partial charge in [-0.05, 0) is 29.3 Å². The molecule has 0 fully saturated rings. The minimum atomic E-state index is 1.06. The summed E-state index contributed by atoms with van der Waals surface area (Å²) in [7, 11) is 2.12. The third-order valence-electron chi connectivity index (χ3n) is 4.84. The molecule has 0 spiro atoms. The highest BCUT2D eigenvalue weighted by atomic mass is 15.4. The summed E-state index contributed by atoms with van der Waals surface area (Å²) in [6.45, 7) is 0. The van der Waals surface area contributed by atoms with Gasteiger partial charge in [0.1, 0.15) is 5.82 Å². The first-order valence-corrected chi connectivity index (χ1v) is 8.40. The molecule has 120 valence electrons. The molecular weight excluding hydrogens is 306 g/mol. The Labute approximate surface area is 146 Å². The van der Waals surface area contributed by atoms with Crippen molar-refractivity contribution in [2.45, 2.75) is 0 Å². The van der Waals surface area contributed by atoms with Gasteiger partial charge in [0.2, 0.25) is 0 Å². The molecule has 3 nitrogen and oxygen atoms in total. The molecule has 0 saturated heterocycles. The van der Waals surface area contributed by atoms with Crippen molar-refractivity contribution in [1.29, 1.82) is 0 Å². The van der Waals surface area contributed by atoms with E-state index in [2.05, 4.69) is 72.6 Å². The monoisotopic (exact) mass is 323 g/mol. The van der Waals surface area contributed by atoms with Gasteiger partial charge in [-0.1, -0.05) is 60.7 Å². The maximum Gasteiger partial charge on any atom is 0.144 e. The van der Waals surface area contributed by atoms with Crippen molar-refractivity contribution in [1.82, 2.24) is 9.78 Å². The lowest BCUT2D eigenvalue weighted by molar-refractivity contribution is 0.865. The van der Waals surface area contributed by atoms with E-state index in [1.807, 2.05) is 29.1 Å². The smallest absolute Gasteiger partial charge is 0.144 e. The van der Waals surface area contributed by atoms with Gasteiger partial charge in [-0.2, -0.15) is 5.10 Å². The molecule has 3 heteroatoms. The summed E-state index contributed by atoms with van der Waals surface area (Å²) in [6.07, 6.45) is 1.98. The van der Waals surface area contributed by atoms with Gasteiger partial charge in [-0.3, -0.25) is 0 Å². The highest BCUT2D eigenvalue weighted by Gasteiger charge is 2.26. The quantitative estimate of drug-likeness (QED) is 0.475. The van der Waals surface area contributed by atoms with Crippen LogP contribution in [0, 0.1) is 0 Å². The fraction of sp³-hybridized carbons (Fsp3) is 0.0455. The molecule has 0 saturated carbocycles. The average molecular weight is 323 g/mol. The van der Waals surface area contributed by atoms with Gasteiger partial charge in [0.15, 0.2) is 0 Å². The maximum atomic E-state index is 4.71. The van der Waals surface area contributed by atoms with Crippen LogP contribution in [-0.4, -0.2) is 16.8 Å². The van der Waals surface area contributed by atoms with Gasteiger partial charge in [0.05, 0.1) is 11.9 Å². The largest absolute Gasteiger partial charge is 0.328 e. The molecule has 0 bridgehead atoms.